The number of nitrogens with zero attached hydrogens (tertiary/aromatic N) is 1. The van der Waals surface area contributed by atoms with Crippen molar-refractivity contribution in [1.29, 1.82) is 0 Å². The molecule has 2 rings (SSSR count). The van der Waals surface area contributed by atoms with Gasteiger partial charge in [-0.15, -0.1) is 0 Å². The summed E-state index contributed by atoms with van der Waals surface area (Å²) in [6.45, 7) is 10.4. The Labute approximate surface area is 143 Å². The Bertz CT molecular complexity index is 634. The summed E-state index contributed by atoms with van der Waals surface area (Å²) in [6, 6.07) is 7.18. The SMILES string of the molecule is C=CC(=O)N1CC[C@@H](NC(=O)c2cccc(C(C)(C)C)c2)[C@H](O)C1. The van der Waals surface area contributed by atoms with Crippen LogP contribution < -0.4 is 5.32 Å². The van der Waals surface area contributed by atoms with Gasteiger partial charge < -0.3 is 15.3 Å². The van der Waals surface area contributed by atoms with Gasteiger partial charge in [-0.25, -0.2) is 0 Å². The van der Waals surface area contributed by atoms with Gasteiger partial charge in [0.15, 0.2) is 0 Å². The van der Waals surface area contributed by atoms with Crippen LogP contribution in [0.4, 0.5) is 0 Å². The number of hydrogen-bond acceptors (Lipinski definition) is 3. The zero-order chi connectivity index (χ0) is 17.9. The highest BCUT2D eigenvalue weighted by Gasteiger charge is 2.30. The molecule has 5 nitrogen and oxygen atoms in total. The number of carbonyl (C=O) groups is 2. The van der Waals surface area contributed by atoms with Gasteiger partial charge in [0.25, 0.3) is 5.91 Å². The molecule has 0 aliphatic carbocycles. The van der Waals surface area contributed by atoms with Crippen molar-refractivity contribution in [2.45, 2.75) is 44.8 Å². The molecule has 1 fully saturated rings. The summed E-state index contributed by atoms with van der Waals surface area (Å²) in [5.74, 6) is -0.398. The molecule has 2 amide bonds. The zero-order valence-electron chi connectivity index (χ0n) is 14.6. The van der Waals surface area contributed by atoms with E-state index in [9.17, 15) is 14.7 Å². The molecule has 2 N–H and O–H groups in total. The first kappa shape index (κ1) is 18.2. The Morgan fingerprint density at radius 2 is 2.08 bits per heavy atom. The van der Waals surface area contributed by atoms with Gasteiger partial charge in [-0.3, -0.25) is 9.59 Å². The van der Waals surface area contributed by atoms with Crippen LogP contribution in [0.1, 0.15) is 43.1 Å². The maximum Gasteiger partial charge on any atom is 0.251 e. The minimum Gasteiger partial charge on any atom is -0.389 e. The zero-order valence-corrected chi connectivity index (χ0v) is 14.6. The number of benzene rings is 1. The Hall–Kier alpha value is -2.14. The fourth-order valence-electron chi connectivity index (χ4n) is 2.81. The van der Waals surface area contributed by atoms with Gasteiger partial charge in [0.1, 0.15) is 0 Å². The van der Waals surface area contributed by atoms with Crippen LogP contribution in [0.2, 0.25) is 0 Å². The predicted molar refractivity (Wildman–Crippen MR) is 93.8 cm³/mol. The Kier molecular flexibility index (Phi) is 5.44. The fraction of sp³-hybridized carbons (Fsp3) is 0.474. The third kappa shape index (κ3) is 4.23. The number of amides is 2. The second-order valence-corrected chi connectivity index (χ2v) is 7.26. The van der Waals surface area contributed by atoms with Crippen molar-refractivity contribution < 1.29 is 14.7 Å². The highest BCUT2D eigenvalue weighted by atomic mass is 16.3. The van der Waals surface area contributed by atoms with E-state index in [1.54, 1.807) is 11.0 Å². The summed E-state index contributed by atoms with van der Waals surface area (Å²) in [6.07, 6.45) is 0.979. The van der Waals surface area contributed by atoms with Crippen molar-refractivity contribution in [2.24, 2.45) is 0 Å². The summed E-state index contributed by atoms with van der Waals surface area (Å²) in [4.78, 5) is 25.6. The molecule has 2 atom stereocenters. The molecule has 1 saturated heterocycles. The first-order valence-corrected chi connectivity index (χ1v) is 8.23. The average Bonchev–Trinajstić information content (AvgIpc) is 2.55. The molecule has 0 saturated carbocycles. The molecule has 0 radical (unpaired) electrons. The normalized spacial score (nSPS) is 21.2. The molecule has 0 bridgehead atoms. The van der Waals surface area contributed by atoms with Gasteiger partial charge in [-0.2, -0.15) is 0 Å². The highest BCUT2D eigenvalue weighted by molar-refractivity contribution is 5.94. The second kappa shape index (κ2) is 7.18. The van der Waals surface area contributed by atoms with Crippen LogP contribution in [0.15, 0.2) is 36.9 Å². The summed E-state index contributed by atoms with van der Waals surface area (Å²) in [7, 11) is 0. The second-order valence-electron chi connectivity index (χ2n) is 7.26. The fourth-order valence-corrected chi connectivity index (χ4v) is 2.81. The van der Waals surface area contributed by atoms with Gasteiger partial charge in [-0.1, -0.05) is 39.5 Å². The smallest absolute Gasteiger partial charge is 0.251 e. The van der Waals surface area contributed by atoms with E-state index in [1.165, 1.54) is 6.08 Å². The Morgan fingerprint density at radius 1 is 1.38 bits per heavy atom. The summed E-state index contributed by atoms with van der Waals surface area (Å²) in [5.41, 5.74) is 1.63. The van der Waals surface area contributed by atoms with Gasteiger partial charge >= 0.3 is 0 Å². The monoisotopic (exact) mass is 330 g/mol. The number of nitrogens with one attached hydrogen (secondary N) is 1. The van der Waals surface area contributed by atoms with Crippen LogP contribution in [0, 0.1) is 0 Å². The Balaban J connectivity index is 2.03. The van der Waals surface area contributed by atoms with Gasteiger partial charge in [-0.05, 0) is 35.6 Å². The minimum absolute atomic E-state index is 0.0355. The molecule has 1 aromatic carbocycles. The van der Waals surface area contributed by atoms with Crippen molar-refractivity contribution in [2.75, 3.05) is 13.1 Å². The molecule has 0 aromatic heterocycles. The van der Waals surface area contributed by atoms with E-state index in [4.69, 9.17) is 0 Å². The predicted octanol–water partition coefficient (Wildman–Crippen LogP) is 1.86. The van der Waals surface area contributed by atoms with Crippen LogP contribution in [-0.4, -0.2) is 47.1 Å². The molecule has 0 unspecified atom stereocenters. The number of aliphatic hydroxyl groups is 1. The molecule has 0 spiro atoms. The van der Waals surface area contributed by atoms with E-state index >= 15 is 0 Å². The van der Waals surface area contributed by atoms with Crippen molar-refractivity contribution in [3.05, 3.63) is 48.0 Å². The Morgan fingerprint density at radius 3 is 2.67 bits per heavy atom. The van der Waals surface area contributed by atoms with E-state index in [-0.39, 0.29) is 29.8 Å². The first-order chi connectivity index (χ1) is 11.2. The number of piperidine rings is 1. The molecular weight excluding hydrogens is 304 g/mol. The molecular formula is C19H26N2O3. The van der Waals surface area contributed by atoms with Crippen molar-refractivity contribution in [3.63, 3.8) is 0 Å². The molecule has 130 valence electrons. The van der Waals surface area contributed by atoms with Crippen molar-refractivity contribution in [3.8, 4) is 0 Å². The van der Waals surface area contributed by atoms with Crippen LogP contribution in [0.25, 0.3) is 0 Å². The minimum atomic E-state index is -0.780. The van der Waals surface area contributed by atoms with Gasteiger partial charge in [0.2, 0.25) is 5.91 Å². The average molecular weight is 330 g/mol. The summed E-state index contributed by atoms with van der Waals surface area (Å²) in [5, 5.41) is 13.1. The standard InChI is InChI=1S/C19H26N2O3/c1-5-17(23)21-10-9-15(16(22)12-21)20-18(24)13-7-6-8-14(11-13)19(2,3)4/h5-8,11,15-16,22H,1,9-10,12H2,2-4H3,(H,20,24)/t15-,16-/m1/s1. The summed E-state index contributed by atoms with van der Waals surface area (Å²) >= 11 is 0. The number of hydrogen-bond donors (Lipinski definition) is 2. The number of rotatable bonds is 3. The van der Waals surface area contributed by atoms with Crippen molar-refractivity contribution in [1.82, 2.24) is 10.2 Å². The van der Waals surface area contributed by atoms with Crippen LogP contribution in [-0.2, 0) is 10.2 Å². The molecule has 1 aliphatic rings. The summed E-state index contributed by atoms with van der Waals surface area (Å²) < 4.78 is 0. The topological polar surface area (TPSA) is 69.6 Å². The van der Waals surface area contributed by atoms with E-state index in [1.807, 2.05) is 18.2 Å². The number of carbonyl (C=O) groups excluding carboxylic acids is 2. The van der Waals surface area contributed by atoms with Gasteiger partial charge in [0.05, 0.1) is 12.1 Å². The molecule has 1 aromatic rings. The largest absolute Gasteiger partial charge is 0.389 e. The van der Waals surface area contributed by atoms with Gasteiger partial charge in [0, 0.05) is 18.7 Å². The lowest BCUT2D eigenvalue weighted by molar-refractivity contribution is -0.129. The van der Waals surface area contributed by atoms with Crippen LogP contribution in [0.5, 0.6) is 0 Å². The molecule has 1 aliphatic heterocycles. The first-order valence-electron chi connectivity index (χ1n) is 8.23. The quantitative estimate of drug-likeness (QED) is 0.831. The lowest BCUT2D eigenvalue weighted by Gasteiger charge is -2.35. The third-order valence-corrected chi connectivity index (χ3v) is 4.38. The number of likely N-dealkylation sites (tertiary alicyclic amines) is 1. The maximum absolute atomic E-state index is 12.5. The maximum atomic E-state index is 12.5. The molecule has 5 heteroatoms. The van der Waals surface area contributed by atoms with E-state index in [0.29, 0.717) is 18.5 Å². The van der Waals surface area contributed by atoms with Crippen LogP contribution >= 0.6 is 0 Å². The lowest BCUT2D eigenvalue weighted by Crippen LogP contribution is -2.55. The van der Waals surface area contributed by atoms with E-state index in [2.05, 4.69) is 32.7 Å². The molecule has 1 heterocycles. The number of aliphatic hydroxyl groups excluding tert-OH is 1. The number of β-amino-alcohol motifs (C(OH)–C–C–N with tert-alkyl or cyclic N) is 1. The van der Waals surface area contributed by atoms with Crippen molar-refractivity contribution >= 4 is 11.8 Å². The lowest BCUT2D eigenvalue weighted by atomic mass is 9.86. The van der Waals surface area contributed by atoms with Crippen LogP contribution in [0.3, 0.4) is 0 Å². The third-order valence-electron chi connectivity index (χ3n) is 4.38. The van der Waals surface area contributed by atoms with E-state index < -0.39 is 6.10 Å². The highest BCUT2D eigenvalue weighted by Crippen LogP contribution is 2.23. The molecule has 24 heavy (non-hydrogen) atoms. The van der Waals surface area contributed by atoms with E-state index in [0.717, 1.165) is 5.56 Å².